The largest absolute Gasteiger partial charge is 0.507 e. The zero-order valence-corrected chi connectivity index (χ0v) is 36.8. The molecule has 0 unspecified atom stereocenters. The Labute approximate surface area is 378 Å². The molecule has 0 fully saturated rings. The minimum Gasteiger partial charge on any atom is -0.507 e. The molecule has 5 nitrogen and oxygen atoms in total. The average molecular weight is 840 g/mol. The Morgan fingerprint density at radius 3 is 2.00 bits per heavy atom. The maximum absolute atomic E-state index is 11.2. The van der Waals surface area contributed by atoms with Crippen molar-refractivity contribution < 1.29 is 9.52 Å². The van der Waals surface area contributed by atoms with Gasteiger partial charge in [-0.15, -0.1) is 0 Å². The van der Waals surface area contributed by atoms with Gasteiger partial charge in [0.2, 0.25) is 0 Å². The lowest BCUT2D eigenvalue weighted by Crippen LogP contribution is -2.08. The van der Waals surface area contributed by atoms with E-state index in [1.165, 1.54) is 16.7 Å². The van der Waals surface area contributed by atoms with Crippen LogP contribution in [-0.2, 0) is 12.8 Å². The van der Waals surface area contributed by atoms with E-state index in [1.54, 1.807) is 6.07 Å². The highest BCUT2D eigenvalue weighted by Crippen LogP contribution is 2.48. The van der Waals surface area contributed by atoms with Gasteiger partial charge in [0.1, 0.15) is 22.6 Å². The van der Waals surface area contributed by atoms with Crippen molar-refractivity contribution in [3.8, 4) is 78.7 Å². The second-order valence-electron chi connectivity index (χ2n) is 17.7. The molecule has 5 heteroatoms. The summed E-state index contributed by atoms with van der Waals surface area (Å²) in [4.78, 5) is 11.0. The van der Waals surface area contributed by atoms with Crippen LogP contribution in [0.25, 0.3) is 106 Å². The Kier molecular flexibility index (Phi) is 8.96. The third kappa shape index (κ3) is 6.29. The van der Waals surface area contributed by atoms with Gasteiger partial charge in [0.05, 0.1) is 22.4 Å². The van der Waals surface area contributed by atoms with E-state index in [4.69, 9.17) is 14.4 Å². The molecule has 3 heterocycles. The Balaban J connectivity index is 1.16. The number of aryl methyl sites for hydroxylation is 6. The predicted octanol–water partition coefficient (Wildman–Crippen LogP) is 15.4. The summed E-state index contributed by atoms with van der Waals surface area (Å²) in [5.41, 5.74) is 22.8. The highest BCUT2D eigenvalue weighted by Gasteiger charge is 2.27. The first-order chi connectivity index (χ1) is 31.8. The van der Waals surface area contributed by atoms with Crippen LogP contribution in [0.5, 0.6) is 5.75 Å². The van der Waals surface area contributed by atoms with E-state index in [2.05, 4.69) is 184 Å². The Hall–Kier alpha value is -8.02. The molecule has 0 atom stereocenters. The quantitative estimate of drug-likeness (QED) is 0.181. The first-order valence-electron chi connectivity index (χ1n) is 22.4. The number of aromatic hydroxyl groups is 1. The van der Waals surface area contributed by atoms with Gasteiger partial charge in [-0.2, -0.15) is 0 Å². The lowest BCUT2D eigenvalue weighted by molar-refractivity contribution is 0.476. The van der Waals surface area contributed by atoms with Gasteiger partial charge in [0.25, 0.3) is 0 Å². The van der Waals surface area contributed by atoms with Gasteiger partial charge in [0.15, 0.2) is 5.82 Å². The standard InChI is InChI=1S/C60H45N3O2/c1-35-30-36(2)32-42(31-35)45-21-12-20-44(39-16-6-5-7-17-39)55(45)48-33-43(34-53-56(48)47-19-8-9-25-52(47)65-53)46-22-13-23-50-58(46)62-60(63(50)59-37(3)14-10-15-38(59)4)49-29-28-41-27-26-40-18-11-24-51(64)54(40)57(41)61-49/h5-25,28-34,64H,26-27H2,1-4H3. The minimum absolute atomic E-state index is 0.255. The van der Waals surface area contributed by atoms with Gasteiger partial charge in [-0.3, -0.25) is 4.57 Å². The first-order valence-corrected chi connectivity index (χ1v) is 22.4. The molecule has 0 aliphatic heterocycles. The van der Waals surface area contributed by atoms with Gasteiger partial charge in [-0.1, -0.05) is 145 Å². The highest BCUT2D eigenvalue weighted by atomic mass is 16.3. The van der Waals surface area contributed by atoms with Crippen LogP contribution in [0.4, 0.5) is 0 Å². The van der Waals surface area contributed by atoms with Crippen molar-refractivity contribution >= 4 is 33.0 Å². The van der Waals surface area contributed by atoms with Gasteiger partial charge in [-0.25, -0.2) is 9.97 Å². The summed E-state index contributed by atoms with van der Waals surface area (Å²) in [6.07, 6.45) is 1.73. The minimum atomic E-state index is 0.255. The normalized spacial score (nSPS) is 12.2. The third-order valence-corrected chi connectivity index (χ3v) is 13.3. The summed E-state index contributed by atoms with van der Waals surface area (Å²) in [6, 6.07) is 60.2. The fourth-order valence-electron chi connectivity index (χ4n) is 10.5. The highest BCUT2D eigenvalue weighted by molar-refractivity contribution is 6.17. The van der Waals surface area contributed by atoms with Crippen LogP contribution in [0.3, 0.4) is 0 Å². The van der Waals surface area contributed by atoms with E-state index in [9.17, 15) is 5.11 Å². The number of fused-ring (bicyclic) bond motifs is 7. The monoisotopic (exact) mass is 839 g/mol. The van der Waals surface area contributed by atoms with Crippen molar-refractivity contribution in [2.24, 2.45) is 0 Å². The van der Waals surface area contributed by atoms with Crippen molar-refractivity contribution in [2.75, 3.05) is 0 Å². The topological polar surface area (TPSA) is 64.1 Å². The lowest BCUT2D eigenvalue weighted by atomic mass is 9.84. The number of phenolic OH excluding ortho intramolecular Hbond substituents is 1. The molecule has 11 aromatic rings. The number of hydrogen-bond donors (Lipinski definition) is 1. The number of furan rings is 1. The Morgan fingerprint density at radius 2 is 1.18 bits per heavy atom. The van der Waals surface area contributed by atoms with E-state index < -0.39 is 0 Å². The first kappa shape index (κ1) is 38.6. The second kappa shape index (κ2) is 15.1. The molecule has 1 N–H and O–H groups in total. The van der Waals surface area contributed by atoms with Crippen LogP contribution in [0.15, 0.2) is 174 Å². The molecule has 1 aliphatic carbocycles. The molecule has 65 heavy (non-hydrogen) atoms. The van der Waals surface area contributed by atoms with E-state index in [0.717, 1.165) is 135 Å². The summed E-state index contributed by atoms with van der Waals surface area (Å²) in [5.74, 6) is 0.997. The lowest BCUT2D eigenvalue weighted by Gasteiger charge is -2.21. The van der Waals surface area contributed by atoms with E-state index in [-0.39, 0.29) is 5.75 Å². The van der Waals surface area contributed by atoms with Crippen LogP contribution in [0.1, 0.15) is 33.4 Å². The molecular formula is C60H45N3O2. The smallest absolute Gasteiger partial charge is 0.164 e. The zero-order valence-electron chi connectivity index (χ0n) is 36.8. The van der Waals surface area contributed by atoms with Crippen LogP contribution in [0, 0.1) is 27.7 Å². The molecule has 0 amide bonds. The molecule has 0 saturated carbocycles. The predicted molar refractivity (Wildman–Crippen MR) is 267 cm³/mol. The summed E-state index contributed by atoms with van der Waals surface area (Å²) in [6.45, 7) is 8.67. The fourth-order valence-corrected chi connectivity index (χ4v) is 10.5. The molecule has 1 aliphatic rings. The number of nitrogens with zero attached hydrogens (tertiary/aromatic N) is 3. The van der Waals surface area contributed by atoms with E-state index >= 15 is 0 Å². The fraction of sp³-hybridized carbons (Fsp3) is 0.100. The molecule has 0 saturated heterocycles. The van der Waals surface area contributed by atoms with E-state index in [1.807, 2.05) is 12.1 Å². The number of aromatic nitrogens is 3. The van der Waals surface area contributed by atoms with Crippen molar-refractivity contribution in [2.45, 2.75) is 40.5 Å². The molecule has 0 bridgehead atoms. The number of phenols is 1. The molecule has 0 spiro atoms. The number of rotatable bonds is 6. The van der Waals surface area contributed by atoms with Crippen LogP contribution in [-0.4, -0.2) is 19.6 Å². The van der Waals surface area contributed by atoms with Crippen molar-refractivity contribution in [1.29, 1.82) is 0 Å². The summed E-state index contributed by atoms with van der Waals surface area (Å²) in [7, 11) is 0. The van der Waals surface area contributed by atoms with Gasteiger partial charge in [-0.05, 0) is 138 Å². The molecule has 8 aromatic carbocycles. The van der Waals surface area contributed by atoms with Gasteiger partial charge < -0.3 is 9.52 Å². The number of benzene rings is 8. The Bertz CT molecular complexity index is 3680. The SMILES string of the molecule is Cc1cc(C)cc(-c2cccc(-c3ccccc3)c2-c2cc(-c3cccc4c3nc(-c3ccc5c(n3)-c3c(O)cccc3CC5)n4-c3c(C)cccc3C)cc3oc4ccccc4c23)c1. The molecule has 12 rings (SSSR count). The number of hydrogen-bond acceptors (Lipinski definition) is 4. The summed E-state index contributed by atoms with van der Waals surface area (Å²) in [5, 5.41) is 13.3. The maximum Gasteiger partial charge on any atom is 0.164 e. The van der Waals surface area contributed by atoms with Gasteiger partial charge in [0, 0.05) is 21.9 Å². The number of para-hydroxylation sites is 3. The molecule has 0 radical (unpaired) electrons. The van der Waals surface area contributed by atoms with Crippen LogP contribution in [0.2, 0.25) is 0 Å². The third-order valence-electron chi connectivity index (χ3n) is 13.3. The summed E-state index contributed by atoms with van der Waals surface area (Å²) >= 11 is 0. The number of imidazole rings is 1. The molecule has 3 aromatic heterocycles. The van der Waals surface area contributed by atoms with Crippen molar-refractivity contribution in [3.05, 3.63) is 203 Å². The second-order valence-corrected chi connectivity index (χ2v) is 17.7. The Morgan fingerprint density at radius 1 is 0.508 bits per heavy atom. The van der Waals surface area contributed by atoms with Crippen LogP contribution < -0.4 is 0 Å². The van der Waals surface area contributed by atoms with Crippen molar-refractivity contribution in [1.82, 2.24) is 14.5 Å². The maximum atomic E-state index is 11.2. The van der Waals surface area contributed by atoms with Gasteiger partial charge >= 0.3 is 0 Å². The number of pyridine rings is 1. The van der Waals surface area contributed by atoms with Crippen molar-refractivity contribution in [3.63, 3.8) is 0 Å². The zero-order chi connectivity index (χ0) is 43.9. The van der Waals surface area contributed by atoms with E-state index in [0.29, 0.717) is 0 Å². The summed E-state index contributed by atoms with van der Waals surface area (Å²) < 4.78 is 9.14. The van der Waals surface area contributed by atoms with Crippen LogP contribution >= 0.6 is 0 Å². The average Bonchev–Trinajstić information content (AvgIpc) is 3.90. The molecule has 312 valence electrons. The molecular weight excluding hydrogens is 795 g/mol.